The fraction of sp³-hybridized carbons (Fsp3) is 0.368. The summed E-state index contributed by atoms with van der Waals surface area (Å²) in [5, 5.41) is 3.49. The van der Waals surface area contributed by atoms with Crippen LogP contribution in [-0.2, 0) is 12.8 Å². The average Bonchev–Trinajstić information content (AvgIpc) is 2.95. The molecule has 0 aliphatic heterocycles. The Hall–Kier alpha value is -1.67. The fourth-order valence-electron chi connectivity index (χ4n) is 3.19. The molecule has 1 aliphatic carbocycles. The highest BCUT2D eigenvalue weighted by atomic mass is 19.1. The number of nitrogens with one attached hydrogen (secondary N) is 1. The van der Waals surface area contributed by atoms with Crippen molar-refractivity contribution in [2.24, 2.45) is 0 Å². The highest BCUT2D eigenvalue weighted by Crippen LogP contribution is 2.29. The Bertz CT molecular complexity index is 648. The second kappa shape index (κ2) is 5.98. The van der Waals surface area contributed by atoms with Gasteiger partial charge >= 0.3 is 0 Å². The number of benzene rings is 2. The van der Waals surface area contributed by atoms with E-state index >= 15 is 0 Å². The van der Waals surface area contributed by atoms with E-state index in [1.165, 1.54) is 36.0 Å². The smallest absolute Gasteiger partial charge is 0.126 e. The van der Waals surface area contributed by atoms with Gasteiger partial charge in [0.1, 0.15) is 5.82 Å². The van der Waals surface area contributed by atoms with Gasteiger partial charge in [0, 0.05) is 0 Å². The van der Waals surface area contributed by atoms with Crippen LogP contribution in [0, 0.1) is 12.7 Å². The zero-order valence-electron chi connectivity index (χ0n) is 12.7. The number of fused-ring (bicyclic) bond motifs is 1. The summed E-state index contributed by atoms with van der Waals surface area (Å²) in [6.45, 7) is 4.75. The van der Waals surface area contributed by atoms with Crippen LogP contribution in [0.2, 0.25) is 0 Å². The number of aryl methyl sites for hydroxylation is 3. The second-order valence-electron chi connectivity index (χ2n) is 5.88. The second-order valence-corrected chi connectivity index (χ2v) is 5.88. The monoisotopic (exact) mass is 283 g/mol. The predicted octanol–water partition coefficient (Wildman–Crippen LogP) is 4.32. The molecule has 2 aromatic rings. The summed E-state index contributed by atoms with van der Waals surface area (Å²) < 4.78 is 13.9. The Labute approximate surface area is 126 Å². The molecule has 0 spiro atoms. The Morgan fingerprint density at radius 1 is 1.05 bits per heavy atom. The minimum atomic E-state index is -0.128. The predicted molar refractivity (Wildman–Crippen MR) is 85.1 cm³/mol. The van der Waals surface area contributed by atoms with Crippen molar-refractivity contribution < 1.29 is 4.39 Å². The van der Waals surface area contributed by atoms with E-state index in [0.717, 1.165) is 12.1 Å². The van der Waals surface area contributed by atoms with Gasteiger partial charge in [0.05, 0.1) is 6.04 Å². The third-order valence-corrected chi connectivity index (χ3v) is 4.39. The molecule has 2 heteroatoms. The van der Waals surface area contributed by atoms with Gasteiger partial charge in [-0.25, -0.2) is 4.39 Å². The highest BCUT2D eigenvalue weighted by molar-refractivity contribution is 5.40. The first-order valence-corrected chi connectivity index (χ1v) is 7.80. The molecule has 0 saturated heterocycles. The van der Waals surface area contributed by atoms with Crippen molar-refractivity contribution in [2.45, 2.75) is 39.2 Å². The third-order valence-electron chi connectivity index (χ3n) is 4.39. The zero-order chi connectivity index (χ0) is 14.8. The molecule has 3 rings (SSSR count). The zero-order valence-corrected chi connectivity index (χ0v) is 12.7. The van der Waals surface area contributed by atoms with E-state index in [9.17, 15) is 4.39 Å². The lowest BCUT2D eigenvalue weighted by molar-refractivity contribution is 0.597. The molecule has 0 fully saturated rings. The highest BCUT2D eigenvalue weighted by Gasteiger charge is 2.17. The molecule has 2 aromatic carbocycles. The Balaban J connectivity index is 1.99. The van der Waals surface area contributed by atoms with Gasteiger partial charge in [0.15, 0.2) is 0 Å². The number of hydrogen-bond donors (Lipinski definition) is 1. The van der Waals surface area contributed by atoms with Crippen molar-refractivity contribution in [1.29, 1.82) is 0 Å². The van der Waals surface area contributed by atoms with E-state index in [4.69, 9.17) is 0 Å². The third kappa shape index (κ3) is 2.86. The summed E-state index contributed by atoms with van der Waals surface area (Å²) in [7, 11) is 0. The van der Waals surface area contributed by atoms with Gasteiger partial charge in [-0.1, -0.05) is 37.3 Å². The quantitative estimate of drug-likeness (QED) is 0.881. The van der Waals surface area contributed by atoms with E-state index in [1.807, 2.05) is 12.1 Å². The van der Waals surface area contributed by atoms with Crippen LogP contribution in [0.1, 0.15) is 47.2 Å². The minimum Gasteiger partial charge on any atom is -0.307 e. The van der Waals surface area contributed by atoms with Gasteiger partial charge in [-0.3, -0.25) is 0 Å². The largest absolute Gasteiger partial charge is 0.307 e. The summed E-state index contributed by atoms with van der Waals surface area (Å²) in [6.07, 6.45) is 3.62. The van der Waals surface area contributed by atoms with Crippen molar-refractivity contribution in [2.75, 3.05) is 6.54 Å². The lowest BCUT2D eigenvalue weighted by atomic mass is 9.95. The molecule has 1 atom stereocenters. The topological polar surface area (TPSA) is 12.0 Å². The summed E-state index contributed by atoms with van der Waals surface area (Å²) in [5.41, 5.74) is 5.87. The first-order chi connectivity index (χ1) is 10.2. The fourth-order valence-corrected chi connectivity index (χ4v) is 3.19. The average molecular weight is 283 g/mol. The van der Waals surface area contributed by atoms with Crippen molar-refractivity contribution in [3.05, 3.63) is 70.0 Å². The summed E-state index contributed by atoms with van der Waals surface area (Å²) in [5.74, 6) is -0.128. The summed E-state index contributed by atoms with van der Waals surface area (Å²) in [4.78, 5) is 0. The first kappa shape index (κ1) is 14.3. The molecule has 1 nitrogen and oxygen atoms in total. The molecule has 21 heavy (non-hydrogen) atoms. The lowest BCUT2D eigenvalue weighted by Gasteiger charge is -2.20. The van der Waals surface area contributed by atoms with E-state index < -0.39 is 0 Å². The molecule has 1 N–H and O–H groups in total. The van der Waals surface area contributed by atoms with Gasteiger partial charge < -0.3 is 5.32 Å². The molecule has 0 aromatic heterocycles. The Morgan fingerprint density at radius 3 is 2.52 bits per heavy atom. The number of rotatable bonds is 4. The Kier molecular flexibility index (Phi) is 4.07. The Morgan fingerprint density at radius 2 is 1.76 bits per heavy atom. The molecule has 1 aliphatic rings. The maximum atomic E-state index is 13.9. The van der Waals surface area contributed by atoms with Crippen molar-refractivity contribution in [1.82, 2.24) is 5.32 Å². The van der Waals surface area contributed by atoms with Gasteiger partial charge in [-0.15, -0.1) is 0 Å². The molecule has 0 amide bonds. The van der Waals surface area contributed by atoms with E-state index in [1.54, 1.807) is 13.0 Å². The van der Waals surface area contributed by atoms with E-state index in [0.29, 0.717) is 5.56 Å². The molecule has 0 radical (unpaired) electrons. The molecule has 0 saturated carbocycles. The van der Waals surface area contributed by atoms with Crippen LogP contribution in [0.4, 0.5) is 4.39 Å². The summed E-state index contributed by atoms with van der Waals surface area (Å²) >= 11 is 0. The SMILES string of the molecule is CCNC(c1ccc(C)c(F)c1)c1ccc2c(c1)CCC2. The maximum Gasteiger partial charge on any atom is 0.126 e. The van der Waals surface area contributed by atoms with Crippen LogP contribution in [0.5, 0.6) is 0 Å². The van der Waals surface area contributed by atoms with Crippen molar-refractivity contribution in [3.63, 3.8) is 0 Å². The van der Waals surface area contributed by atoms with E-state index in [2.05, 4.69) is 30.4 Å². The van der Waals surface area contributed by atoms with Gasteiger partial charge in [0.25, 0.3) is 0 Å². The standard InChI is InChI=1S/C19H22FN/c1-3-21-19(17-8-7-13(2)18(20)12-17)16-10-9-14-5-4-6-15(14)11-16/h7-12,19,21H,3-6H2,1-2H3. The molecular formula is C19H22FN. The van der Waals surface area contributed by atoms with Crippen LogP contribution in [0.15, 0.2) is 36.4 Å². The van der Waals surface area contributed by atoms with E-state index in [-0.39, 0.29) is 11.9 Å². The normalized spacial score (nSPS) is 15.0. The van der Waals surface area contributed by atoms with Gasteiger partial charge in [-0.05, 0) is 66.6 Å². The van der Waals surface area contributed by atoms with Crippen molar-refractivity contribution in [3.8, 4) is 0 Å². The van der Waals surface area contributed by atoms with Crippen LogP contribution in [0.25, 0.3) is 0 Å². The molecule has 0 heterocycles. The molecule has 0 bridgehead atoms. The van der Waals surface area contributed by atoms with Crippen molar-refractivity contribution >= 4 is 0 Å². The maximum absolute atomic E-state index is 13.9. The first-order valence-electron chi connectivity index (χ1n) is 7.80. The molecule has 1 unspecified atom stereocenters. The number of halogens is 1. The van der Waals surface area contributed by atoms with Gasteiger partial charge in [0.2, 0.25) is 0 Å². The van der Waals surface area contributed by atoms with Crippen LogP contribution in [0.3, 0.4) is 0 Å². The van der Waals surface area contributed by atoms with Crippen LogP contribution >= 0.6 is 0 Å². The minimum absolute atomic E-state index is 0.0657. The number of hydrogen-bond acceptors (Lipinski definition) is 1. The molecule has 110 valence electrons. The van der Waals surface area contributed by atoms with Crippen LogP contribution in [-0.4, -0.2) is 6.54 Å². The lowest BCUT2D eigenvalue weighted by Crippen LogP contribution is -2.22. The molecular weight excluding hydrogens is 261 g/mol. The van der Waals surface area contributed by atoms with Crippen LogP contribution < -0.4 is 5.32 Å². The summed E-state index contributed by atoms with van der Waals surface area (Å²) in [6, 6.07) is 12.3. The van der Waals surface area contributed by atoms with Gasteiger partial charge in [-0.2, -0.15) is 0 Å².